The van der Waals surface area contributed by atoms with E-state index in [1.807, 2.05) is 0 Å². The van der Waals surface area contributed by atoms with Crippen LogP contribution in [-0.2, 0) is 4.79 Å². The summed E-state index contributed by atoms with van der Waals surface area (Å²) < 4.78 is 5.82. The second kappa shape index (κ2) is 4.39. The molecule has 0 bridgehead atoms. The highest BCUT2D eigenvalue weighted by Gasteiger charge is 2.30. The number of ether oxygens (including phenoxy) is 1. The third-order valence-electron chi connectivity index (χ3n) is 2.45. The van der Waals surface area contributed by atoms with Gasteiger partial charge in [0.05, 0.1) is 7.11 Å². The molecule has 0 saturated carbocycles. The topological polar surface area (TPSA) is 68.4 Å². The minimum atomic E-state index is -0.110. The van der Waals surface area contributed by atoms with E-state index in [-0.39, 0.29) is 11.9 Å². The number of halogens is 1. The first-order chi connectivity index (χ1) is 7.61. The first-order valence-electron chi connectivity index (χ1n) is 4.88. The maximum absolute atomic E-state index is 11.7. The van der Waals surface area contributed by atoms with Crippen LogP contribution in [0, 0.1) is 0 Å². The number of carbonyl (C=O) groups is 1. The van der Waals surface area contributed by atoms with Gasteiger partial charge in [0.25, 0.3) is 0 Å². The molecular weight excluding hydrogens is 274 g/mol. The van der Waals surface area contributed by atoms with Crippen LogP contribution < -0.4 is 15.4 Å². The smallest absolute Gasteiger partial charge is 0.238 e. The summed E-state index contributed by atoms with van der Waals surface area (Å²) in [5, 5.41) is 0. The lowest BCUT2D eigenvalue weighted by Crippen LogP contribution is -2.28. The van der Waals surface area contributed by atoms with Gasteiger partial charge in [-0.1, -0.05) is 0 Å². The SMILES string of the molecule is COc1nc(Br)ccc1N1CC(N)CC1=O. The Morgan fingerprint density at radius 1 is 1.62 bits per heavy atom. The Morgan fingerprint density at radius 2 is 2.38 bits per heavy atom. The monoisotopic (exact) mass is 285 g/mol. The Bertz CT molecular complexity index is 425. The highest BCUT2D eigenvalue weighted by atomic mass is 79.9. The molecule has 2 N–H and O–H groups in total. The third-order valence-corrected chi connectivity index (χ3v) is 2.89. The molecule has 5 nitrogen and oxygen atoms in total. The van der Waals surface area contributed by atoms with E-state index in [1.54, 1.807) is 17.0 Å². The number of nitrogens with zero attached hydrogens (tertiary/aromatic N) is 2. The van der Waals surface area contributed by atoms with E-state index in [4.69, 9.17) is 10.5 Å². The molecule has 86 valence electrons. The summed E-state index contributed by atoms with van der Waals surface area (Å²) in [6.45, 7) is 0.512. The molecule has 0 aromatic carbocycles. The molecule has 1 aromatic rings. The molecule has 2 rings (SSSR count). The molecular formula is C10H12BrN3O2. The van der Waals surface area contributed by atoms with Crippen molar-refractivity contribution >= 4 is 27.5 Å². The van der Waals surface area contributed by atoms with Gasteiger partial charge >= 0.3 is 0 Å². The highest BCUT2D eigenvalue weighted by Crippen LogP contribution is 2.30. The normalized spacial score (nSPS) is 20.3. The van der Waals surface area contributed by atoms with Crippen LogP contribution in [0.15, 0.2) is 16.7 Å². The lowest BCUT2D eigenvalue weighted by atomic mass is 10.3. The van der Waals surface area contributed by atoms with Gasteiger partial charge in [0, 0.05) is 19.0 Å². The minimum absolute atomic E-state index is 0.00919. The largest absolute Gasteiger partial charge is 0.479 e. The van der Waals surface area contributed by atoms with Crippen LogP contribution in [0.5, 0.6) is 5.88 Å². The molecule has 1 aliphatic heterocycles. The van der Waals surface area contributed by atoms with Gasteiger partial charge in [-0.05, 0) is 28.1 Å². The molecule has 1 saturated heterocycles. The van der Waals surface area contributed by atoms with Crippen molar-refractivity contribution in [2.24, 2.45) is 5.73 Å². The summed E-state index contributed by atoms with van der Waals surface area (Å²) in [4.78, 5) is 17.5. The Kier molecular flexibility index (Phi) is 3.11. The zero-order valence-electron chi connectivity index (χ0n) is 8.81. The van der Waals surface area contributed by atoms with Crippen molar-refractivity contribution in [1.29, 1.82) is 0 Å². The van der Waals surface area contributed by atoms with E-state index in [9.17, 15) is 4.79 Å². The Balaban J connectivity index is 2.36. The van der Waals surface area contributed by atoms with Crippen LogP contribution in [0.3, 0.4) is 0 Å². The van der Waals surface area contributed by atoms with Crippen molar-refractivity contribution in [2.75, 3.05) is 18.6 Å². The van der Waals surface area contributed by atoms with Crippen LogP contribution in [0.25, 0.3) is 0 Å². The van der Waals surface area contributed by atoms with Crippen LogP contribution in [0.2, 0.25) is 0 Å². The molecule has 0 aliphatic carbocycles. The lowest BCUT2D eigenvalue weighted by molar-refractivity contribution is -0.117. The quantitative estimate of drug-likeness (QED) is 0.821. The van der Waals surface area contributed by atoms with Gasteiger partial charge in [0.1, 0.15) is 10.3 Å². The van der Waals surface area contributed by atoms with E-state index < -0.39 is 0 Å². The highest BCUT2D eigenvalue weighted by molar-refractivity contribution is 9.10. The maximum Gasteiger partial charge on any atom is 0.238 e. The predicted octanol–water partition coefficient (Wildman–Crippen LogP) is 0.917. The number of nitrogens with two attached hydrogens (primary N) is 1. The standard InChI is InChI=1S/C10H12BrN3O2/c1-16-10-7(2-3-8(11)13-10)14-5-6(12)4-9(14)15/h2-3,6H,4-5,12H2,1H3. The number of anilines is 1. The number of aromatic nitrogens is 1. The van der Waals surface area contributed by atoms with Gasteiger partial charge in [0.15, 0.2) is 0 Å². The summed E-state index contributed by atoms with van der Waals surface area (Å²) in [6, 6.07) is 3.46. The average Bonchev–Trinajstić information content (AvgIpc) is 2.57. The number of hydrogen-bond acceptors (Lipinski definition) is 4. The fraction of sp³-hybridized carbons (Fsp3) is 0.400. The zero-order chi connectivity index (χ0) is 11.7. The average molecular weight is 286 g/mol. The fourth-order valence-corrected chi connectivity index (χ4v) is 2.03. The number of amides is 1. The van der Waals surface area contributed by atoms with Crippen molar-refractivity contribution < 1.29 is 9.53 Å². The molecule has 1 atom stereocenters. The van der Waals surface area contributed by atoms with Gasteiger partial charge in [-0.25, -0.2) is 4.98 Å². The summed E-state index contributed by atoms with van der Waals surface area (Å²) >= 11 is 3.25. The van der Waals surface area contributed by atoms with Crippen molar-refractivity contribution in [1.82, 2.24) is 4.98 Å². The van der Waals surface area contributed by atoms with Crippen molar-refractivity contribution in [2.45, 2.75) is 12.5 Å². The number of pyridine rings is 1. The van der Waals surface area contributed by atoms with Gasteiger partial charge in [-0.15, -0.1) is 0 Å². The van der Waals surface area contributed by atoms with E-state index >= 15 is 0 Å². The Labute approximate surface area is 102 Å². The second-order valence-corrected chi connectivity index (χ2v) is 4.44. The maximum atomic E-state index is 11.7. The number of hydrogen-bond donors (Lipinski definition) is 1. The van der Waals surface area contributed by atoms with E-state index in [1.165, 1.54) is 7.11 Å². The lowest BCUT2D eigenvalue weighted by Gasteiger charge is -2.18. The van der Waals surface area contributed by atoms with Crippen LogP contribution in [0.4, 0.5) is 5.69 Å². The first-order valence-corrected chi connectivity index (χ1v) is 5.67. The zero-order valence-corrected chi connectivity index (χ0v) is 10.4. The van der Waals surface area contributed by atoms with Crippen LogP contribution in [0.1, 0.15) is 6.42 Å². The van der Waals surface area contributed by atoms with Crippen molar-refractivity contribution in [3.8, 4) is 5.88 Å². The summed E-state index contributed by atoms with van der Waals surface area (Å²) in [7, 11) is 1.53. The Morgan fingerprint density at radius 3 is 2.94 bits per heavy atom. The molecule has 2 heterocycles. The van der Waals surface area contributed by atoms with E-state index in [0.717, 1.165) is 0 Å². The van der Waals surface area contributed by atoms with Crippen molar-refractivity contribution in [3.05, 3.63) is 16.7 Å². The Hall–Kier alpha value is -1.14. The van der Waals surface area contributed by atoms with Gasteiger partial charge < -0.3 is 15.4 Å². The van der Waals surface area contributed by atoms with Gasteiger partial charge in [-0.3, -0.25) is 4.79 Å². The van der Waals surface area contributed by atoms with Crippen molar-refractivity contribution in [3.63, 3.8) is 0 Å². The van der Waals surface area contributed by atoms with Gasteiger partial charge in [-0.2, -0.15) is 0 Å². The van der Waals surface area contributed by atoms with E-state index in [2.05, 4.69) is 20.9 Å². The second-order valence-electron chi connectivity index (χ2n) is 3.63. The molecule has 1 amide bonds. The minimum Gasteiger partial charge on any atom is -0.479 e. The van der Waals surface area contributed by atoms with E-state index in [0.29, 0.717) is 29.1 Å². The molecule has 1 aromatic heterocycles. The molecule has 1 aliphatic rings. The van der Waals surface area contributed by atoms with Gasteiger partial charge in [0.2, 0.25) is 11.8 Å². The molecule has 0 radical (unpaired) electrons. The number of rotatable bonds is 2. The first kappa shape index (κ1) is 11.3. The molecule has 1 unspecified atom stereocenters. The molecule has 6 heteroatoms. The van der Waals surface area contributed by atoms with Crippen LogP contribution >= 0.6 is 15.9 Å². The number of methoxy groups -OCH3 is 1. The molecule has 16 heavy (non-hydrogen) atoms. The fourth-order valence-electron chi connectivity index (χ4n) is 1.73. The summed E-state index contributed by atoms with van der Waals surface area (Å²) in [5.74, 6) is 0.437. The molecule has 1 fully saturated rings. The predicted molar refractivity (Wildman–Crippen MR) is 63.4 cm³/mol. The van der Waals surface area contributed by atoms with Crippen LogP contribution in [-0.4, -0.2) is 30.6 Å². The molecule has 0 spiro atoms. The summed E-state index contributed by atoms with van der Waals surface area (Å²) in [5.41, 5.74) is 6.41. The number of carbonyl (C=O) groups excluding carboxylic acids is 1. The third kappa shape index (κ3) is 2.03. The summed E-state index contributed by atoms with van der Waals surface area (Å²) in [6.07, 6.45) is 0.374.